The Morgan fingerprint density at radius 3 is 2.55 bits per heavy atom. The van der Waals surface area contributed by atoms with Crippen LogP contribution in [0.15, 0.2) is 46.2 Å². The first kappa shape index (κ1) is 32.7. The number of carbonyl (C=O) groups excluding carboxylic acids is 1. The Labute approximate surface area is 248 Å². The van der Waals surface area contributed by atoms with Crippen LogP contribution in [0.2, 0.25) is 0 Å². The molecule has 3 heterocycles. The van der Waals surface area contributed by atoms with Gasteiger partial charge in [0, 0.05) is 52.3 Å². The number of rotatable bonds is 11. The molecule has 1 aromatic carbocycles. The van der Waals surface area contributed by atoms with E-state index < -0.39 is 29.0 Å². The summed E-state index contributed by atoms with van der Waals surface area (Å²) >= 11 is 1.27. The van der Waals surface area contributed by atoms with Crippen LogP contribution in [0, 0.1) is 12.7 Å². The number of thiophene rings is 1. The number of aromatic nitrogens is 4. The monoisotopic (exact) mass is 605 g/mol. The zero-order chi connectivity index (χ0) is 31.0. The molecule has 11 nitrogen and oxygen atoms in total. The highest BCUT2D eigenvalue weighted by molar-refractivity contribution is 7.21. The number of carbonyl (C=O) groups is 1. The Bertz CT molecular complexity index is 1610. The number of halogens is 1. The van der Waals surface area contributed by atoms with Gasteiger partial charge in [-0.05, 0) is 70.4 Å². The molecule has 0 aliphatic carbocycles. The molecular formula is C29H40FN5O6S. The Morgan fingerprint density at radius 1 is 1.24 bits per heavy atom. The number of fused-ring (bicyclic) bond motifs is 1. The second-order valence-corrected chi connectivity index (χ2v) is 10.9. The number of aryl methyl sites for hydroxylation is 3. The molecular weight excluding hydrogens is 565 g/mol. The first-order valence-electron chi connectivity index (χ1n) is 13.6. The first-order valence-corrected chi connectivity index (χ1v) is 14.4. The molecule has 0 bridgehead atoms. The molecule has 2 N–H and O–H groups in total. The average Bonchev–Trinajstić information content (AvgIpc) is 3.60. The summed E-state index contributed by atoms with van der Waals surface area (Å²) < 4.78 is 28.0. The number of aliphatic hydroxyl groups is 1. The van der Waals surface area contributed by atoms with Gasteiger partial charge < -0.3 is 19.9 Å². The van der Waals surface area contributed by atoms with Gasteiger partial charge in [-0.25, -0.2) is 18.4 Å². The van der Waals surface area contributed by atoms with Crippen LogP contribution in [0.25, 0.3) is 15.2 Å². The molecule has 0 spiro atoms. The van der Waals surface area contributed by atoms with Crippen molar-refractivity contribution in [2.75, 3.05) is 27.4 Å². The van der Waals surface area contributed by atoms with Crippen LogP contribution >= 0.6 is 11.3 Å². The maximum atomic E-state index is 13.9. The van der Waals surface area contributed by atoms with Gasteiger partial charge in [-0.3, -0.25) is 14.2 Å². The van der Waals surface area contributed by atoms with Gasteiger partial charge in [0.15, 0.2) is 0 Å². The summed E-state index contributed by atoms with van der Waals surface area (Å²) in [7, 11) is 3.12. The highest BCUT2D eigenvalue weighted by Crippen LogP contribution is 2.31. The Balaban J connectivity index is 0.000000837. The van der Waals surface area contributed by atoms with Crippen LogP contribution in [0.4, 0.5) is 4.39 Å². The quantitative estimate of drug-likeness (QED) is 0.251. The van der Waals surface area contributed by atoms with Gasteiger partial charge in [-0.2, -0.15) is 5.10 Å². The average molecular weight is 606 g/mol. The molecule has 0 saturated carbocycles. The van der Waals surface area contributed by atoms with E-state index in [1.165, 1.54) is 48.1 Å². The Morgan fingerprint density at radius 2 is 1.98 bits per heavy atom. The minimum atomic E-state index is -1.03. The Hall–Kier alpha value is -3.81. The lowest BCUT2D eigenvalue weighted by atomic mass is 10.1. The van der Waals surface area contributed by atoms with Crippen molar-refractivity contribution < 1.29 is 25.2 Å². The van der Waals surface area contributed by atoms with E-state index in [4.69, 9.17) is 9.84 Å². The molecule has 42 heavy (non-hydrogen) atoms. The van der Waals surface area contributed by atoms with E-state index in [0.29, 0.717) is 38.7 Å². The number of nitrogens with zero attached hydrogens (tertiary/aromatic N) is 4. The zero-order valence-corrected chi connectivity index (χ0v) is 25.5. The third kappa shape index (κ3) is 7.33. The van der Waals surface area contributed by atoms with Crippen molar-refractivity contribution in [3.63, 3.8) is 0 Å². The lowest BCUT2D eigenvalue weighted by Gasteiger charge is -2.19. The van der Waals surface area contributed by atoms with E-state index in [1.807, 2.05) is 0 Å². The molecule has 0 saturated heterocycles. The summed E-state index contributed by atoms with van der Waals surface area (Å²) in [6.07, 6.45) is 4.41. The van der Waals surface area contributed by atoms with Gasteiger partial charge in [-0.1, -0.05) is 11.3 Å². The van der Waals surface area contributed by atoms with Crippen molar-refractivity contribution in [2.45, 2.75) is 59.2 Å². The molecule has 4 rings (SSSR count). The number of aliphatic hydroxyl groups excluding tert-OH is 1. The van der Waals surface area contributed by atoms with E-state index in [9.17, 15) is 18.8 Å². The molecule has 1 atom stereocenters. The summed E-state index contributed by atoms with van der Waals surface area (Å²) in [4.78, 5) is 40.6. The molecule has 1 amide bonds. The van der Waals surface area contributed by atoms with Gasteiger partial charge in [0.1, 0.15) is 27.4 Å². The summed E-state index contributed by atoms with van der Waals surface area (Å²) in [5, 5.41) is 16.2. The number of nitrogens with one attached hydrogen (secondary N) is 1. The molecule has 230 valence electrons. The number of amides is 1. The third-order valence-corrected chi connectivity index (χ3v) is 7.79. The Kier molecular flexibility index (Phi) is 11.6. The third-order valence-electron chi connectivity index (χ3n) is 6.48. The van der Waals surface area contributed by atoms with Gasteiger partial charge >= 0.3 is 5.69 Å². The van der Waals surface area contributed by atoms with Crippen LogP contribution in [0.5, 0.6) is 5.75 Å². The lowest BCUT2D eigenvalue weighted by Crippen LogP contribution is -2.47. The SMILES string of the molecule is COCCCO.COc1ccc(F)cc1CCn1c(=O)n([C@@H](C)C(=O)NC(C)C)c(=O)c2c(C)c(-n3cccn3)sc21.[HH]. The van der Waals surface area contributed by atoms with Gasteiger partial charge in [0.05, 0.1) is 12.5 Å². The molecule has 0 fully saturated rings. The molecule has 0 radical (unpaired) electrons. The van der Waals surface area contributed by atoms with Crippen molar-refractivity contribution >= 4 is 27.5 Å². The van der Waals surface area contributed by atoms with Crippen LogP contribution < -0.4 is 21.3 Å². The van der Waals surface area contributed by atoms with Gasteiger partial charge in [0.25, 0.3) is 5.56 Å². The highest BCUT2D eigenvalue weighted by atomic mass is 32.1. The smallest absolute Gasteiger partial charge is 0.332 e. The largest absolute Gasteiger partial charge is 0.496 e. The predicted octanol–water partition coefficient (Wildman–Crippen LogP) is 3.46. The van der Waals surface area contributed by atoms with Gasteiger partial charge in [0.2, 0.25) is 5.91 Å². The molecule has 4 aromatic rings. The van der Waals surface area contributed by atoms with Crippen LogP contribution in [0.1, 0.15) is 45.8 Å². The minimum Gasteiger partial charge on any atom is -0.496 e. The van der Waals surface area contributed by atoms with Crippen molar-refractivity contribution in [3.8, 4) is 10.8 Å². The summed E-state index contributed by atoms with van der Waals surface area (Å²) in [5.74, 6) is -0.347. The zero-order valence-electron chi connectivity index (χ0n) is 24.7. The summed E-state index contributed by atoms with van der Waals surface area (Å²) in [6.45, 7) is 7.98. The van der Waals surface area contributed by atoms with E-state index in [-0.39, 0.29) is 27.0 Å². The van der Waals surface area contributed by atoms with Crippen molar-refractivity contribution in [3.05, 3.63) is 74.4 Å². The van der Waals surface area contributed by atoms with Crippen molar-refractivity contribution in [1.82, 2.24) is 24.2 Å². The van der Waals surface area contributed by atoms with E-state index in [0.717, 1.165) is 11.0 Å². The lowest BCUT2D eigenvalue weighted by molar-refractivity contribution is -0.124. The number of ether oxygens (including phenoxy) is 2. The molecule has 13 heteroatoms. The van der Waals surface area contributed by atoms with Crippen LogP contribution in [0.3, 0.4) is 0 Å². The molecule has 0 unspecified atom stereocenters. The summed E-state index contributed by atoms with van der Waals surface area (Å²) in [6, 6.07) is 4.79. The maximum absolute atomic E-state index is 13.9. The number of methoxy groups -OCH3 is 2. The second-order valence-electron chi connectivity index (χ2n) is 9.89. The van der Waals surface area contributed by atoms with E-state index >= 15 is 0 Å². The second kappa shape index (κ2) is 14.9. The molecule has 0 aliphatic rings. The fourth-order valence-corrected chi connectivity index (χ4v) is 5.67. The topological polar surface area (TPSA) is 130 Å². The van der Waals surface area contributed by atoms with Crippen LogP contribution in [-0.4, -0.2) is 63.4 Å². The predicted molar refractivity (Wildman–Crippen MR) is 163 cm³/mol. The maximum Gasteiger partial charge on any atom is 0.332 e. The first-order chi connectivity index (χ1) is 20.0. The number of hydrogen-bond acceptors (Lipinski definition) is 8. The molecule has 3 aromatic heterocycles. The fraction of sp³-hybridized carbons (Fsp3) is 0.448. The summed E-state index contributed by atoms with van der Waals surface area (Å²) in [5.41, 5.74) is 0.100. The molecule has 0 aliphatic heterocycles. The minimum absolute atomic E-state index is 0. The number of benzene rings is 1. The van der Waals surface area contributed by atoms with E-state index in [1.54, 1.807) is 51.0 Å². The van der Waals surface area contributed by atoms with Crippen molar-refractivity contribution in [1.29, 1.82) is 0 Å². The van der Waals surface area contributed by atoms with Crippen LogP contribution in [-0.2, 0) is 22.5 Å². The highest BCUT2D eigenvalue weighted by Gasteiger charge is 2.26. The van der Waals surface area contributed by atoms with Crippen molar-refractivity contribution in [2.24, 2.45) is 0 Å². The normalized spacial score (nSPS) is 11.8. The standard InChI is InChI=1S/C25H28FN5O4S.C4H10O2.H2/c1-14(2)28-21(32)16(4)31-22(33)20-15(3)23(30-11-6-10-27-30)36-24(20)29(25(31)34)12-9-17-13-18(26)7-8-19(17)35-5;1-6-4-2-3-5;/h6-8,10-11,13-14,16H,9,12H2,1-5H3,(H,28,32);5H,2-4H2,1H3;1H/t16-;;/m0../s1. The number of hydrogen-bond donors (Lipinski definition) is 2. The fourth-order valence-electron chi connectivity index (χ4n) is 4.40. The van der Waals surface area contributed by atoms with E-state index in [2.05, 4.69) is 15.2 Å². The van der Waals surface area contributed by atoms with Gasteiger partial charge in [-0.15, -0.1) is 0 Å².